The third kappa shape index (κ3) is 3.81. The van der Waals surface area contributed by atoms with Crippen molar-refractivity contribution < 1.29 is 9.59 Å². The van der Waals surface area contributed by atoms with Gasteiger partial charge < -0.3 is 15.5 Å². The van der Waals surface area contributed by atoms with Crippen molar-refractivity contribution in [2.75, 3.05) is 7.05 Å². The number of hydrogen-bond acceptors (Lipinski definition) is 3. The number of fused-ring (bicyclic) bond motifs is 5. The number of likely N-dealkylation sites (tertiary alicyclic amines) is 1. The summed E-state index contributed by atoms with van der Waals surface area (Å²) >= 11 is 5.41. The van der Waals surface area contributed by atoms with Gasteiger partial charge in [0.05, 0.1) is 0 Å². The Morgan fingerprint density at radius 2 is 1.71 bits per heavy atom. The molecule has 0 aromatic heterocycles. The maximum atomic E-state index is 13.2. The zero-order chi connectivity index (χ0) is 22.8. The molecule has 4 rings (SSSR count). The highest BCUT2D eigenvalue weighted by atomic mass is 32.1. The maximum Gasteiger partial charge on any atom is 0.229 e. The summed E-state index contributed by atoms with van der Waals surface area (Å²) < 4.78 is 0. The first kappa shape index (κ1) is 23.0. The molecule has 31 heavy (non-hydrogen) atoms. The second-order valence-corrected chi connectivity index (χ2v) is 12.8. The Morgan fingerprint density at radius 3 is 2.39 bits per heavy atom. The van der Waals surface area contributed by atoms with Crippen LogP contribution in [0.4, 0.5) is 0 Å². The van der Waals surface area contributed by atoms with Crippen LogP contribution >= 0.6 is 12.2 Å². The predicted molar refractivity (Wildman–Crippen MR) is 127 cm³/mol. The third-order valence-electron chi connectivity index (χ3n) is 9.60. The monoisotopic (exact) mass is 447 g/mol. The molecule has 6 heteroatoms. The number of rotatable bonds is 1. The zero-order valence-corrected chi connectivity index (χ0v) is 21.0. The standard InChI is InChI=1S/C25H41N3O2S/c1-23(2,3)27-22(31)26-21(30)18-9-8-16-15-7-10-19-25(5,14-12-20(29)28(19)6)17(15)11-13-24(16,18)4/h15-19H,7-14H2,1-6H3,(H2,26,27,30,31)/t15-,16-,17+,18?,19?,24-,25+/m0/s1. The average Bonchev–Trinajstić information content (AvgIpc) is 3.01. The van der Waals surface area contributed by atoms with Crippen LogP contribution in [0.25, 0.3) is 0 Å². The van der Waals surface area contributed by atoms with E-state index in [-0.39, 0.29) is 28.2 Å². The van der Waals surface area contributed by atoms with Crippen LogP contribution in [0.2, 0.25) is 0 Å². The lowest BCUT2D eigenvalue weighted by Crippen LogP contribution is -2.61. The molecule has 1 saturated heterocycles. The van der Waals surface area contributed by atoms with Crippen molar-refractivity contribution in [3.05, 3.63) is 0 Å². The summed E-state index contributed by atoms with van der Waals surface area (Å²) in [5.74, 6) is 2.42. The molecule has 7 atom stereocenters. The number of thiocarbonyl (C=S) groups is 1. The molecule has 2 unspecified atom stereocenters. The van der Waals surface area contributed by atoms with E-state index in [0.717, 1.165) is 32.1 Å². The molecule has 2 N–H and O–H groups in total. The van der Waals surface area contributed by atoms with Gasteiger partial charge in [0.2, 0.25) is 11.8 Å². The molecule has 174 valence electrons. The summed E-state index contributed by atoms with van der Waals surface area (Å²) in [4.78, 5) is 27.6. The van der Waals surface area contributed by atoms with Crippen molar-refractivity contribution >= 4 is 29.1 Å². The highest BCUT2D eigenvalue weighted by molar-refractivity contribution is 7.80. The minimum Gasteiger partial charge on any atom is -0.358 e. The Labute approximate surface area is 193 Å². The van der Waals surface area contributed by atoms with E-state index in [1.807, 2.05) is 27.8 Å². The van der Waals surface area contributed by atoms with Crippen molar-refractivity contribution in [2.24, 2.45) is 34.5 Å². The van der Waals surface area contributed by atoms with E-state index >= 15 is 0 Å². The van der Waals surface area contributed by atoms with Crippen LogP contribution < -0.4 is 10.6 Å². The lowest BCUT2D eigenvalue weighted by molar-refractivity contribution is -0.159. The first-order chi connectivity index (χ1) is 14.4. The van der Waals surface area contributed by atoms with Gasteiger partial charge in [0.15, 0.2) is 5.11 Å². The molecule has 4 aliphatic rings. The summed E-state index contributed by atoms with van der Waals surface area (Å²) in [6.07, 6.45) is 8.43. The first-order valence-electron chi connectivity index (χ1n) is 12.3. The molecule has 2 amide bonds. The van der Waals surface area contributed by atoms with Gasteiger partial charge in [0.25, 0.3) is 0 Å². The van der Waals surface area contributed by atoms with Gasteiger partial charge in [-0.25, -0.2) is 0 Å². The molecule has 1 aliphatic heterocycles. The van der Waals surface area contributed by atoms with Crippen LogP contribution in [-0.2, 0) is 9.59 Å². The number of carbonyl (C=O) groups excluding carboxylic acids is 2. The van der Waals surface area contributed by atoms with Crippen molar-refractivity contribution in [3.8, 4) is 0 Å². The summed E-state index contributed by atoms with van der Waals surface area (Å²) in [7, 11) is 2.02. The minimum atomic E-state index is -0.160. The Kier molecular flexibility index (Phi) is 5.72. The highest BCUT2D eigenvalue weighted by Gasteiger charge is 2.62. The fraction of sp³-hybridized carbons (Fsp3) is 0.880. The van der Waals surface area contributed by atoms with Gasteiger partial charge in [-0.2, -0.15) is 0 Å². The van der Waals surface area contributed by atoms with E-state index < -0.39 is 0 Å². The van der Waals surface area contributed by atoms with Crippen LogP contribution in [0.3, 0.4) is 0 Å². The smallest absolute Gasteiger partial charge is 0.229 e. The molecular formula is C25H41N3O2S. The lowest BCUT2D eigenvalue weighted by Gasteiger charge is -2.61. The number of amides is 2. The van der Waals surface area contributed by atoms with Crippen LogP contribution in [0.15, 0.2) is 0 Å². The topological polar surface area (TPSA) is 61.4 Å². The largest absolute Gasteiger partial charge is 0.358 e. The summed E-state index contributed by atoms with van der Waals surface area (Å²) in [5, 5.41) is 6.67. The van der Waals surface area contributed by atoms with Crippen molar-refractivity contribution in [1.82, 2.24) is 15.5 Å². The van der Waals surface area contributed by atoms with Crippen LogP contribution in [0, 0.1) is 34.5 Å². The van der Waals surface area contributed by atoms with E-state index in [4.69, 9.17) is 12.2 Å². The third-order valence-corrected chi connectivity index (χ3v) is 9.80. The second kappa shape index (κ2) is 7.71. The molecule has 4 fully saturated rings. The highest BCUT2D eigenvalue weighted by Crippen LogP contribution is 2.66. The van der Waals surface area contributed by atoms with Crippen LogP contribution in [-0.4, -0.2) is 40.5 Å². The molecule has 1 heterocycles. The molecule has 3 saturated carbocycles. The van der Waals surface area contributed by atoms with E-state index in [2.05, 4.69) is 29.4 Å². The fourth-order valence-electron chi connectivity index (χ4n) is 8.15. The fourth-order valence-corrected chi connectivity index (χ4v) is 8.56. The van der Waals surface area contributed by atoms with Gasteiger partial charge in [0.1, 0.15) is 0 Å². The van der Waals surface area contributed by atoms with E-state index in [1.165, 1.54) is 12.8 Å². The van der Waals surface area contributed by atoms with Gasteiger partial charge in [-0.15, -0.1) is 0 Å². The quantitative estimate of drug-likeness (QED) is 0.590. The Bertz CT molecular complexity index is 777. The number of hydrogen-bond donors (Lipinski definition) is 2. The summed E-state index contributed by atoms with van der Waals surface area (Å²) in [6.45, 7) is 11.0. The maximum absolute atomic E-state index is 13.2. The van der Waals surface area contributed by atoms with Crippen molar-refractivity contribution in [3.63, 3.8) is 0 Å². The Morgan fingerprint density at radius 1 is 1.03 bits per heavy atom. The average molecular weight is 448 g/mol. The summed E-state index contributed by atoms with van der Waals surface area (Å²) in [5.41, 5.74) is 0.126. The SMILES string of the molecule is CN1C(=O)CC[C@@]2(C)C1CC[C@@H]1[C@H]2CC[C@]2(C)C(C(=O)NC(=S)NC(C)(C)C)CC[C@@H]12. The molecule has 3 aliphatic carbocycles. The van der Waals surface area contributed by atoms with Crippen LogP contribution in [0.5, 0.6) is 0 Å². The predicted octanol–water partition coefficient (Wildman–Crippen LogP) is 4.26. The van der Waals surface area contributed by atoms with Gasteiger partial charge in [0, 0.05) is 31.0 Å². The van der Waals surface area contributed by atoms with Crippen LogP contribution in [0.1, 0.15) is 86.0 Å². The molecule has 0 aromatic rings. The molecule has 0 aromatic carbocycles. The van der Waals surface area contributed by atoms with Gasteiger partial charge in [-0.3, -0.25) is 9.59 Å². The second-order valence-electron chi connectivity index (χ2n) is 12.3. The van der Waals surface area contributed by atoms with Crippen molar-refractivity contribution in [2.45, 2.75) is 97.6 Å². The lowest BCUT2D eigenvalue weighted by atomic mass is 9.47. The van der Waals surface area contributed by atoms with E-state index in [0.29, 0.717) is 41.2 Å². The van der Waals surface area contributed by atoms with Gasteiger partial charge in [-0.05, 0) is 107 Å². The molecule has 5 nitrogen and oxygen atoms in total. The first-order valence-corrected chi connectivity index (χ1v) is 12.7. The molecule has 0 radical (unpaired) electrons. The molecule has 0 spiro atoms. The van der Waals surface area contributed by atoms with E-state index in [1.54, 1.807) is 0 Å². The number of piperidine rings is 1. The molecule has 0 bridgehead atoms. The van der Waals surface area contributed by atoms with E-state index in [9.17, 15) is 9.59 Å². The minimum absolute atomic E-state index is 0.0410. The number of nitrogens with one attached hydrogen (secondary N) is 2. The van der Waals surface area contributed by atoms with Gasteiger partial charge >= 0.3 is 0 Å². The number of carbonyl (C=O) groups is 2. The normalized spacial score (nSPS) is 42.3. The summed E-state index contributed by atoms with van der Waals surface area (Å²) in [6, 6.07) is 0.390. The van der Waals surface area contributed by atoms with Gasteiger partial charge in [-0.1, -0.05) is 13.8 Å². The molecular weight excluding hydrogens is 406 g/mol. The van der Waals surface area contributed by atoms with Crippen molar-refractivity contribution in [1.29, 1.82) is 0 Å². The Balaban J connectivity index is 1.50. The Hall–Kier alpha value is -1.17. The zero-order valence-electron chi connectivity index (χ0n) is 20.2. The number of nitrogens with zero attached hydrogens (tertiary/aromatic N) is 1.